The summed E-state index contributed by atoms with van der Waals surface area (Å²) in [5, 5.41) is 3.27. The summed E-state index contributed by atoms with van der Waals surface area (Å²) in [5.74, 6) is -0.706. The van der Waals surface area contributed by atoms with Gasteiger partial charge in [-0.25, -0.2) is 21.9 Å². The van der Waals surface area contributed by atoms with Crippen molar-refractivity contribution in [2.45, 2.75) is 38.8 Å². The summed E-state index contributed by atoms with van der Waals surface area (Å²) >= 11 is 1.10. The number of amides is 1. The standard InChI is InChI=1S/C19H24FN3O5S2/c1-18(2,3)28-17(24)21-16-22-19(4,10-30(25,26)23(16)5)15-13(20)11-8-7-9-12(27-6)14(11)29-15/h7-9H,10H2,1-6H3,(H,21,22,24)/t19-/m0/s1. The number of methoxy groups -OCH3 is 1. The largest absolute Gasteiger partial charge is 0.495 e. The predicted octanol–water partition coefficient (Wildman–Crippen LogP) is 3.42. The van der Waals surface area contributed by atoms with E-state index in [0.29, 0.717) is 15.8 Å². The van der Waals surface area contributed by atoms with Crippen LogP contribution in [0.2, 0.25) is 0 Å². The maximum absolute atomic E-state index is 15.3. The normalized spacial score (nSPS) is 22.8. The average Bonchev–Trinajstić information content (AvgIpc) is 2.95. The highest BCUT2D eigenvalue weighted by atomic mass is 32.2. The number of hydrogen-bond donors (Lipinski definition) is 1. The number of sulfonamides is 1. The Hall–Kier alpha value is -2.40. The van der Waals surface area contributed by atoms with E-state index in [2.05, 4.69) is 10.3 Å². The van der Waals surface area contributed by atoms with Crippen LogP contribution in [0.1, 0.15) is 32.6 Å². The van der Waals surface area contributed by atoms with Crippen molar-refractivity contribution < 1.29 is 27.1 Å². The van der Waals surface area contributed by atoms with Crippen LogP contribution in [0.5, 0.6) is 5.75 Å². The third-order valence-corrected chi connectivity index (χ3v) is 7.91. The van der Waals surface area contributed by atoms with Crippen molar-refractivity contribution in [2.24, 2.45) is 4.99 Å². The van der Waals surface area contributed by atoms with Crippen LogP contribution in [0.4, 0.5) is 9.18 Å². The van der Waals surface area contributed by atoms with Crippen LogP contribution in [0, 0.1) is 5.82 Å². The van der Waals surface area contributed by atoms with Crippen LogP contribution in [0.3, 0.4) is 0 Å². The summed E-state index contributed by atoms with van der Waals surface area (Å²) < 4.78 is 52.8. The number of ether oxygens (including phenoxy) is 2. The minimum atomic E-state index is -3.88. The van der Waals surface area contributed by atoms with Crippen LogP contribution < -0.4 is 10.1 Å². The van der Waals surface area contributed by atoms with Gasteiger partial charge in [0.2, 0.25) is 16.0 Å². The number of rotatable bonds is 2. The second kappa shape index (κ2) is 7.38. The number of nitrogens with zero attached hydrogens (tertiary/aromatic N) is 2. The molecule has 1 fully saturated rings. The first-order valence-electron chi connectivity index (χ1n) is 9.09. The van der Waals surface area contributed by atoms with Crippen LogP contribution in [0.25, 0.3) is 10.1 Å². The maximum atomic E-state index is 15.3. The predicted molar refractivity (Wildman–Crippen MR) is 114 cm³/mol. The third-order valence-electron chi connectivity index (χ3n) is 4.50. The second-order valence-electron chi connectivity index (χ2n) is 8.18. The Morgan fingerprint density at radius 2 is 2.03 bits per heavy atom. The van der Waals surface area contributed by atoms with Gasteiger partial charge in [0.1, 0.15) is 17.2 Å². The molecule has 0 spiro atoms. The van der Waals surface area contributed by atoms with Gasteiger partial charge in [0.25, 0.3) is 0 Å². The molecule has 0 saturated carbocycles. The Morgan fingerprint density at radius 3 is 2.63 bits per heavy atom. The molecule has 1 saturated heterocycles. The molecule has 8 nitrogen and oxygen atoms in total. The molecule has 11 heteroatoms. The number of nitrogens with one attached hydrogen (secondary N) is 1. The number of hydrogen-bond acceptors (Lipinski definition) is 6. The molecule has 1 atom stereocenters. The van der Waals surface area contributed by atoms with Crippen molar-refractivity contribution in [3.8, 4) is 5.75 Å². The van der Waals surface area contributed by atoms with Gasteiger partial charge in [-0.1, -0.05) is 12.1 Å². The van der Waals surface area contributed by atoms with Crippen LogP contribution in [0.15, 0.2) is 23.2 Å². The first kappa shape index (κ1) is 22.3. The fourth-order valence-electron chi connectivity index (χ4n) is 3.13. The Morgan fingerprint density at radius 1 is 1.37 bits per heavy atom. The molecule has 0 radical (unpaired) electrons. The molecule has 3 rings (SSSR count). The molecular weight excluding hydrogens is 433 g/mol. The van der Waals surface area contributed by atoms with Crippen molar-refractivity contribution in [3.05, 3.63) is 28.9 Å². The van der Waals surface area contributed by atoms with E-state index in [1.165, 1.54) is 14.2 Å². The van der Waals surface area contributed by atoms with Crippen molar-refractivity contribution in [2.75, 3.05) is 19.9 Å². The minimum Gasteiger partial charge on any atom is -0.495 e. The fourth-order valence-corrected chi connectivity index (χ4v) is 5.98. The zero-order valence-corrected chi connectivity index (χ0v) is 19.2. The van der Waals surface area contributed by atoms with E-state index in [4.69, 9.17) is 9.47 Å². The van der Waals surface area contributed by atoms with Crippen molar-refractivity contribution in [1.82, 2.24) is 9.62 Å². The molecule has 0 bridgehead atoms. The summed E-state index contributed by atoms with van der Waals surface area (Å²) in [4.78, 5) is 16.1. The van der Waals surface area contributed by atoms with Gasteiger partial charge in [0.05, 0.1) is 28.0 Å². The molecule has 1 amide bonds. The van der Waals surface area contributed by atoms with Gasteiger partial charge in [-0.05, 0) is 33.8 Å². The van der Waals surface area contributed by atoms with Crippen LogP contribution in [-0.2, 0) is 20.3 Å². The van der Waals surface area contributed by atoms with Crippen LogP contribution >= 0.6 is 11.3 Å². The van der Waals surface area contributed by atoms with E-state index in [-0.39, 0.29) is 10.8 Å². The molecule has 0 unspecified atom stereocenters. The summed E-state index contributed by atoms with van der Waals surface area (Å²) in [5.41, 5.74) is -2.16. The fraction of sp³-hybridized carbons (Fsp3) is 0.474. The summed E-state index contributed by atoms with van der Waals surface area (Å²) in [6.45, 7) is 6.57. The third kappa shape index (κ3) is 4.08. The zero-order valence-electron chi connectivity index (χ0n) is 17.6. The molecule has 0 aliphatic carbocycles. The molecule has 1 aromatic carbocycles. The molecule has 1 aliphatic heterocycles. The number of fused-ring (bicyclic) bond motifs is 1. The van der Waals surface area contributed by atoms with Gasteiger partial charge in [-0.3, -0.25) is 0 Å². The summed E-state index contributed by atoms with van der Waals surface area (Å²) in [6.07, 6.45) is -0.949. The van der Waals surface area contributed by atoms with Gasteiger partial charge < -0.3 is 14.8 Å². The van der Waals surface area contributed by atoms with E-state index in [1.807, 2.05) is 0 Å². The first-order valence-corrected chi connectivity index (χ1v) is 11.5. The Bertz CT molecular complexity index is 1140. The molecule has 1 N–H and O–H groups in total. The van der Waals surface area contributed by atoms with E-state index in [0.717, 1.165) is 15.6 Å². The number of thiophene rings is 1. The van der Waals surface area contributed by atoms with E-state index in [1.54, 1.807) is 45.9 Å². The Labute approximate surface area is 178 Å². The van der Waals surface area contributed by atoms with Gasteiger partial charge in [0, 0.05) is 12.4 Å². The molecule has 30 heavy (non-hydrogen) atoms. The van der Waals surface area contributed by atoms with Gasteiger partial charge in [0.15, 0.2) is 0 Å². The molecule has 2 heterocycles. The average molecular weight is 458 g/mol. The lowest BCUT2D eigenvalue weighted by Crippen LogP contribution is -2.61. The lowest BCUT2D eigenvalue weighted by molar-refractivity contribution is 0.0602. The Kier molecular flexibility index (Phi) is 5.48. The summed E-state index contributed by atoms with van der Waals surface area (Å²) in [7, 11) is -1.13. The van der Waals surface area contributed by atoms with Crippen molar-refractivity contribution >= 4 is 43.5 Å². The first-order chi connectivity index (χ1) is 13.8. The van der Waals surface area contributed by atoms with E-state index >= 15 is 4.39 Å². The maximum Gasteiger partial charge on any atom is 0.437 e. The molecule has 1 aromatic heterocycles. The molecule has 1 aliphatic rings. The van der Waals surface area contributed by atoms with Crippen molar-refractivity contribution in [1.29, 1.82) is 0 Å². The number of halogens is 1. The number of benzene rings is 1. The highest BCUT2D eigenvalue weighted by Crippen LogP contribution is 2.42. The monoisotopic (exact) mass is 457 g/mol. The second-order valence-corrected chi connectivity index (χ2v) is 11.2. The smallest absolute Gasteiger partial charge is 0.437 e. The highest BCUT2D eigenvalue weighted by Gasteiger charge is 2.45. The van der Waals surface area contributed by atoms with Gasteiger partial charge in [-0.2, -0.15) is 0 Å². The quantitative estimate of drug-likeness (QED) is 0.742. The lowest BCUT2D eigenvalue weighted by atomic mass is 10.0. The van der Waals surface area contributed by atoms with Gasteiger partial charge >= 0.3 is 6.09 Å². The Balaban J connectivity index is 2.10. The summed E-state index contributed by atoms with van der Waals surface area (Å²) in [6, 6.07) is 4.98. The lowest BCUT2D eigenvalue weighted by Gasteiger charge is -2.39. The number of aliphatic imine (C=N–C) groups is 1. The van der Waals surface area contributed by atoms with Crippen molar-refractivity contribution in [3.63, 3.8) is 0 Å². The minimum absolute atomic E-state index is 0.176. The van der Waals surface area contributed by atoms with E-state index < -0.39 is 38.8 Å². The SMILES string of the molecule is COc1cccc2c(F)c([C@]3(C)CS(=O)(=O)N(C)/C(=N/C(=O)OC(C)(C)C)N3)sc12. The highest BCUT2D eigenvalue weighted by molar-refractivity contribution is 7.89. The van der Waals surface area contributed by atoms with Gasteiger partial charge in [-0.15, -0.1) is 16.3 Å². The molecule has 164 valence electrons. The van der Waals surface area contributed by atoms with E-state index in [9.17, 15) is 13.2 Å². The topological polar surface area (TPSA) is 97.3 Å². The molecule has 2 aromatic rings. The number of guanidine groups is 1. The molecular formula is C19H24FN3O5S2. The number of carbonyl (C=O) groups excluding carboxylic acids is 1. The zero-order chi connectivity index (χ0) is 22.5. The number of carbonyl (C=O) groups is 1. The van der Waals surface area contributed by atoms with Crippen LogP contribution in [-0.4, -0.2) is 50.3 Å².